The van der Waals surface area contributed by atoms with Crippen molar-refractivity contribution >= 4 is 17.2 Å². The van der Waals surface area contributed by atoms with Gasteiger partial charge in [-0.25, -0.2) is 0 Å². The summed E-state index contributed by atoms with van der Waals surface area (Å²) in [6.07, 6.45) is 0.740. The number of nitro groups is 1. The SMILES string of the molecule is CCC(=O)CC(Nc1ccccc1OC)c1ccc([N+](=O)[O-])cc1. The third-order valence-electron chi connectivity index (χ3n) is 3.77. The molecule has 0 spiro atoms. The zero-order valence-electron chi connectivity index (χ0n) is 13.7. The molecule has 0 bridgehead atoms. The van der Waals surface area contributed by atoms with Crippen LogP contribution >= 0.6 is 0 Å². The number of methoxy groups -OCH3 is 1. The Morgan fingerprint density at radius 2 is 1.88 bits per heavy atom. The van der Waals surface area contributed by atoms with Gasteiger partial charge in [0.15, 0.2) is 0 Å². The normalized spacial score (nSPS) is 11.6. The summed E-state index contributed by atoms with van der Waals surface area (Å²) < 4.78 is 5.33. The quantitative estimate of drug-likeness (QED) is 0.582. The summed E-state index contributed by atoms with van der Waals surface area (Å²) in [4.78, 5) is 22.3. The summed E-state index contributed by atoms with van der Waals surface area (Å²) in [5, 5.41) is 14.1. The molecule has 6 heteroatoms. The van der Waals surface area contributed by atoms with Gasteiger partial charge in [-0.2, -0.15) is 0 Å². The summed E-state index contributed by atoms with van der Waals surface area (Å²) in [7, 11) is 1.58. The molecule has 0 heterocycles. The predicted molar refractivity (Wildman–Crippen MR) is 92.4 cm³/mol. The molecule has 2 rings (SSSR count). The minimum atomic E-state index is -0.441. The van der Waals surface area contributed by atoms with Gasteiger partial charge < -0.3 is 10.1 Å². The highest BCUT2D eigenvalue weighted by Gasteiger charge is 2.18. The van der Waals surface area contributed by atoms with E-state index in [0.29, 0.717) is 18.6 Å². The van der Waals surface area contributed by atoms with Crippen molar-refractivity contribution in [2.45, 2.75) is 25.8 Å². The van der Waals surface area contributed by atoms with Crippen LogP contribution in [-0.2, 0) is 4.79 Å². The molecule has 24 heavy (non-hydrogen) atoms. The molecule has 6 nitrogen and oxygen atoms in total. The first-order valence-electron chi connectivity index (χ1n) is 7.70. The predicted octanol–water partition coefficient (Wildman–Crippen LogP) is 4.13. The molecular formula is C18H20N2O4. The van der Waals surface area contributed by atoms with Gasteiger partial charge in [0, 0.05) is 25.0 Å². The largest absolute Gasteiger partial charge is 0.495 e. The average Bonchev–Trinajstić information content (AvgIpc) is 2.61. The number of rotatable bonds is 8. The van der Waals surface area contributed by atoms with E-state index in [1.54, 1.807) is 19.2 Å². The van der Waals surface area contributed by atoms with Gasteiger partial charge in [0.2, 0.25) is 0 Å². The minimum Gasteiger partial charge on any atom is -0.495 e. The molecule has 1 unspecified atom stereocenters. The topological polar surface area (TPSA) is 81.5 Å². The van der Waals surface area contributed by atoms with E-state index in [-0.39, 0.29) is 17.5 Å². The second-order valence-corrected chi connectivity index (χ2v) is 5.34. The number of hydrogen-bond acceptors (Lipinski definition) is 5. The van der Waals surface area contributed by atoms with Crippen LogP contribution in [0.2, 0.25) is 0 Å². The highest BCUT2D eigenvalue weighted by Crippen LogP contribution is 2.30. The zero-order chi connectivity index (χ0) is 17.5. The molecular weight excluding hydrogens is 308 g/mol. The molecule has 1 atom stereocenters. The van der Waals surface area contributed by atoms with Crippen LogP contribution in [0.1, 0.15) is 31.4 Å². The maximum absolute atomic E-state index is 11.9. The van der Waals surface area contributed by atoms with Gasteiger partial charge >= 0.3 is 0 Å². The molecule has 0 amide bonds. The summed E-state index contributed by atoms with van der Waals surface area (Å²) >= 11 is 0. The number of Topliss-reactive ketones (excluding diaryl/α,β-unsaturated/α-hetero) is 1. The highest BCUT2D eigenvalue weighted by atomic mass is 16.6. The van der Waals surface area contributed by atoms with Gasteiger partial charge in [-0.3, -0.25) is 14.9 Å². The van der Waals surface area contributed by atoms with Gasteiger partial charge in [-0.05, 0) is 17.7 Å². The van der Waals surface area contributed by atoms with E-state index in [1.807, 2.05) is 31.2 Å². The van der Waals surface area contributed by atoms with Crippen LogP contribution < -0.4 is 10.1 Å². The number of benzene rings is 2. The lowest BCUT2D eigenvalue weighted by Gasteiger charge is -2.21. The number of ketones is 1. The summed E-state index contributed by atoms with van der Waals surface area (Å²) in [5.74, 6) is 0.786. The first-order valence-corrected chi connectivity index (χ1v) is 7.70. The van der Waals surface area contributed by atoms with Crippen LogP contribution in [0.4, 0.5) is 11.4 Å². The molecule has 0 aliphatic heterocycles. The van der Waals surface area contributed by atoms with Crippen LogP contribution in [0.15, 0.2) is 48.5 Å². The Hall–Kier alpha value is -2.89. The van der Waals surface area contributed by atoms with Crippen LogP contribution in [0.3, 0.4) is 0 Å². The van der Waals surface area contributed by atoms with E-state index in [1.165, 1.54) is 12.1 Å². The van der Waals surface area contributed by atoms with Crippen LogP contribution in [-0.4, -0.2) is 17.8 Å². The van der Waals surface area contributed by atoms with Crippen LogP contribution in [0, 0.1) is 10.1 Å². The number of carbonyl (C=O) groups is 1. The molecule has 126 valence electrons. The van der Waals surface area contributed by atoms with Crippen molar-refractivity contribution in [3.05, 3.63) is 64.2 Å². The average molecular weight is 328 g/mol. The van der Waals surface area contributed by atoms with Crippen molar-refractivity contribution in [3.8, 4) is 5.75 Å². The second-order valence-electron chi connectivity index (χ2n) is 5.34. The van der Waals surface area contributed by atoms with E-state index in [9.17, 15) is 14.9 Å². The number of non-ortho nitro benzene ring substituents is 1. The Bertz CT molecular complexity index is 713. The second kappa shape index (κ2) is 8.10. The van der Waals surface area contributed by atoms with E-state index in [0.717, 1.165) is 11.3 Å². The van der Waals surface area contributed by atoms with E-state index in [2.05, 4.69) is 5.32 Å². The van der Waals surface area contributed by atoms with Crippen molar-refractivity contribution < 1.29 is 14.5 Å². The van der Waals surface area contributed by atoms with E-state index >= 15 is 0 Å². The van der Waals surface area contributed by atoms with Crippen molar-refractivity contribution in [3.63, 3.8) is 0 Å². The Kier molecular flexibility index (Phi) is 5.89. The first-order chi connectivity index (χ1) is 11.5. The Balaban J connectivity index is 2.30. The molecule has 0 saturated heterocycles. The van der Waals surface area contributed by atoms with Crippen molar-refractivity contribution in [1.29, 1.82) is 0 Å². The lowest BCUT2D eigenvalue weighted by molar-refractivity contribution is -0.384. The Morgan fingerprint density at radius 3 is 2.46 bits per heavy atom. The van der Waals surface area contributed by atoms with Gasteiger partial charge in [0.05, 0.1) is 23.8 Å². The molecule has 0 aromatic heterocycles. The molecule has 2 aromatic carbocycles. The fourth-order valence-electron chi connectivity index (χ4n) is 2.40. The molecule has 0 fully saturated rings. The first kappa shape index (κ1) is 17.5. The molecule has 0 aliphatic rings. The van der Waals surface area contributed by atoms with E-state index in [4.69, 9.17) is 4.74 Å². The van der Waals surface area contributed by atoms with Gasteiger partial charge in [-0.15, -0.1) is 0 Å². The maximum atomic E-state index is 11.9. The highest BCUT2D eigenvalue weighted by molar-refractivity contribution is 5.79. The number of nitrogens with zero attached hydrogens (tertiary/aromatic N) is 1. The summed E-state index contributed by atoms with van der Waals surface area (Å²) in [6, 6.07) is 13.4. The lowest BCUT2D eigenvalue weighted by Crippen LogP contribution is -2.15. The van der Waals surface area contributed by atoms with Crippen LogP contribution in [0.5, 0.6) is 5.75 Å². The number of para-hydroxylation sites is 2. The third kappa shape index (κ3) is 4.32. The van der Waals surface area contributed by atoms with Gasteiger partial charge in [-0.1, -0.05) is 31.2 Å². The smallest absolute Gasteiger partial charge is 0.269 e. The van der Waals surface area contributed by atoms with Crippen molar-refractivity contribution in [1.82, 2.24) is 0 Å². The fraction of sp³-hybridized carbons (Fsp3) is 0.278. The third-order valence-corrected chi connectivity index (χ3v) is 3.77. The monoisotopic (exact) mass is 328 g/mol. The van der Waals surface area contributed by atoms with E-state index < -0.39 is 4.92 Å². The number of nitrogens with one attached hydrogen (secondary N) is 1. The van der Waals surface area contributed by atoms with Crippen molar-refractivity contribution in [2.75, 3.05) is 12.4 Å². The maximum Gasteiger partial charge on any atom is 0.269 e. The Morgan fingerprint density at radius 1 is 1.21 bits per heavy atom. The van der Waals surface area contributed by atoms with Gasteiger partial charge in [0.25, 0.3) is 5.69 Å². The Labute approximate surface area is 140 Å². The standard InChI is InChI=1S/C18H20N2O4/c1-3-15(21)12-17(13-8-10-14(11-9-13)20(22)23)19-16-6-4-5-7-18(16)24-2/h4-11,17,19H,3,12H2,1-2H3. The minimum absolute atomic E-state index is 0.0246. The van der Waals surface area contributed by atoms with Crippen LogP contribution in [0.25, 0.3) is 0 Å². The molecule has 0 saturated carbocycles. The number of anilines is 1. The summed E-state index contributed by atoms with van der Waals surface area (Å²) in [6.45, 7) is 1.82. The number of hydrogen-bond donors (Lipinski definition) is 1. The molecule has 0 aliphatic carbocycles. The number of carbonyl (C=O) groups excluding carboxylic acids is 1. The molecule has 0 radical (unpaired) electrons. The zero-order valence-corrected chi connectivity index (χ0v) is 13.7. The lowest BCUT2D eigenvalue weighted by atomic mass is 9.99. The molecule has 2 aromatic rings. The number of ether oxygens (including phenoxy) is 1. The fourth-order valence-corrected chi connectivity index (χ4v) is 2.40. The van der Waals surface area contributed by atoms with Gasteiger partial charge in [0.1, 0.15) is 11.5 Å². The summed E-state index contributed by atoms with van der Waals surface area (Å²) in [5.41, 5.74) is 1.61. The van der Waals surface area contributed by atoms with Crippen molar-refractivity contribution in [2.24, 2.45) is 0 Å². The number of nitro benzene ring substituents is 1. The molecule has 1 N–H and O–H groups in total.